The summed E-state index contributed by atoms with van der Waals surface area (Å²) in [6, 6.07) is 7.94. The van der Waals surface area contributed by atoms with Crippen LogP contribution in [0.2, 0.25) is 0 Å². The third-order valence-electron chi connectivity index (χ3n) is 5.52. The number of carbonyl (C=O) groups is 1. The van der Waals surface area contributed by atoms with Crippen molar-refractivity contribution in [2.45, 2.75) is 45.8 Å². The fourth-order valence-electron chi connectivity index (χ4n) is 3.94. The topological polar surface area (TPSA) is 53.0 Å². The quantitative estimate of drug-likeness (QED) is 0.594. The van der Waals surface area contributed by atoms with Crippen molar-refractivity contribution < 1.29 is 19.0 Å². The zero-order valence-corrected chi connectivity index (χ0v) is 19.4. The van der Waals surface area contributed by atoms with Gasteiger partial charge in [0.15, 0.2) is 0 Å². The first-order valence-corrected chi connectivity index (χ1v) is 11.9. The van der Waals surface area contributed by atoms with Crippen molar-refractivity contribution in [3.63, 3.8) is 0 Å². The predicted molar refractivity (Wildman–Crippen MR) is 122 cm³/mol. The maximum atomic E-state index is 13.5. The van der Waals surface area contributed by atoms with Crippen LogP contribution in [0.25, 0.3) is 0 Å². The summed E-state index contributed by atoms with van der Waals surface area (Å²) < 4.78 is 19.4. The van der Waals surface area contributed by atoms with Crippen LogP contribution in [0.3, 0.4) is 0 Å². The van der Waals surface area contributed by atoms with Gasteiger partial charge in [0, 0.05) is 24.0 Å². The van der Waals surface area contributed by atoms with E-state index in [1.807, 2.05) is 9.80 Å². The highest BCUT2D eigenvalue weighted by atomic mass is 32.1. The molecule has 5 nitrogen and oxygen atoms in total. The number of fused-ring (bicyclic) bond motifs is 1. The normalized spacial score (nSPS) is 17.1. The molecule has 0 unspecified atom stereocenters. The van der Waals surface area contributed by atoms with E-state index < -0.39 is 6.10 Å². The van der Waals surface area contributed by atoms with Crippen molar-refractivity contribution in [1.82, 2.24) is 9.80 Å². The van der Waals surface area contributed by atoms with E-state index >= 15 is 0 Å². The molecule has 0 saturated carbocycles. The second-order valence-corrected chi connectivity index (χ2v) is 9.69. The molecule has 170 valence electrons. The SMILES string of the molecule is CC(C)CCN(CC(=O)N1CCc2sccc2[C@H]1COc1cccc(F)c1)C[C@@H](C)O. The summed E-state index contributed by atoms with van der Waals surface area (Å²) in [7, 11) is 0. The van der Waals surface area contributed by atoms with Gasteiger partial charge in [-0.15, -0.1) is 11.3 Å². The molecule has 3 rings (SSSR count). The Morgan fingerprint density at radius 3 is 2.87 bits per heavy atom. The van der Waals surface area contributed by atoms with Gasteiger partial charge in [0.05, 0.1) is 18.7 Å². The maximum absolute atomic E-state index is 13.5. The van der Waals surface area contributed by atoms with Gasteiger partial charge in [0.2, 0.25) is 5.91 Å². The number of rotatable bonds is 10. The highest BCUT2D eigenvalue weighted by Gasteiger charge is 2.33. The highest BCUT2D eigenvalue weighted by Crippen LogP contribution is 2.34. The second-order valence-electron chi connectivity index (χ2n) is 8.69. The molecule has 2 heterocycles. The summed E-state index contributed by atoms with van der Waals surface area (Å²) in [5.41, 5.74) is 1.12. The van der Waals surface area contributed by atoms with Gasteiger partial charge in [0.25, 0.3) is 0 Å². The van der Waals surface area contributed by atoms with Crippen LogP contribution < -0.4 is 4.74 Å². The molecular formula is C24H33FN2O3S. The molecule has 1 N–H and O–H groups in total. The van der Waals surface area contributed by atoms with Crippen LogP contribution in [0.4, 0.5) is 4.39 Å². The van der Waals surface area contributed by atoms with Crippen LogP contribution in [0, 0.1) is 11.7 Å². The van der Waals surface area contributed by atoms with Crippen LogP contribution in [-0.4, -0.2) is 59.7 Å². The molecule has 1 aromatic carbocycles. The van der Waals surface area contributed by atoms with Gasteiger partial charge in [-0.1, -0.05) is 19.9 Å². The van der Waals surface area contributed by atoms with E-state index in [9.17, 15) is 14.3 Å². The number of carbonyl (C=O) groups excluding carboxylic acids is 1. The van der Waals surface area contributed by atoms with Crippen molar-refractivity contribution in [3.8, 4) is 5.75 Å². The highest BCUT2D eigenvalue weighted by molar-refractivity contribution is 7.10. The van der Waals surface area contributed by atoms with Crippen molar-refractivity contribution in [2.24, 2.45) is 5.92 Å². The molecule has 7 heteroatoms. The van der Waals surface area contributed by atoms with E-state index in [1.54, 1.807) is 30.4 Å². The first-order chi connectivity index (χ1) is 14.8. The zero-order valence-electron chi connectivity index (χ0n) is 18.6. The largest absolute Gasteiger partial charge is 0.491 e. The van der Waals surface area contributed by atoms with E-state index in [0.717, 1.165) is 24.9 Å². The van der Waals surface area contributed by atoms with Crippen molar-refractivity contribution in [3.05, 3.63) is 52.0 Å². The summed E-state index contributed by atoms with van der Waals surface area (Å²) >= 11 is 1.70. The number of hydrogen-bond acceptors (Lipinski definition) is 5. The maximum Gasteiger partial charge on any atom is 0.237 e. The summed E-state index contributed by atoms with van der Waals surface area (Å²) in [6.45, 7) is 8.50. The minimum atomic E-state index is -0.489. The van der Waals surface area contributed by atoms with Gasteiger partial charge in [-0.2, -0.15) is 0 Å². The van der Waals surface area contributed by atoms with Gasteiger partial charge < -0.3 is 14.7 Å². The lowest BCUT2D eigenvalue weighted by Gasteiger charge is -2.37. The van der Waals surface area contributed by atoms with E-state index in [1.165, 1.54) is 17.0 Å². The predicted octanol–water partition coefficient (Wildman–Crippen LogP) is 4.12. The number of nitrogens with zero attached hydrogens (tertiary/aromatic N) is 2. The number of thiophene rings is 1. The first-order valence-electron chi connectivity index (χ1n) is 11.0. The van der Waals surface area contributed by atoms with E-state index in [-0.39, 0.29) is 30.9 Å². The van der Waals surface area contributed by atoms with Crippen molar-refractivity contribution >= 4 is 17.2 Å². The molecule has 2 atom stereocenters. The lowest BCUT2D eigenvalue weighted by atomic mass is 10.0. The van der Waals surface area contributed by atoms with Gasteiger partial charge in [-0.3, -0.25) is 9.69 Å². The number of aliphatic hydroxyl groups excluding tert-OH is 1. The summed E-state index contributed by atoms with van der Waals surface area (Å²) in [5, 5.41) is 11.9. The molecule has 31 heavy (non-hydrogen) atoms. The van der Waals surface area contributed by atoms with Crippen LogP contribution in [0.5, 0.6) is 5.75 Å². The van der Waals surface area contributed by atoms with Crippen molar-refractivity contribution in [2.75, 3.05) is 32.8 Å². The average molecular weight is 449 g/mol. The van der Waals surface area contributed by atoms with Gasteiger partial charge in [-0.05, 0) is 61.4 Å². The fourth-order valence-corrected chi connectivity index (χ4v) is 4.87. The van der Waals surface area contributed by atoms with Gasteiger partial charge in [-0.25, -0.2) is 4.39 Å². The van der Waals surface area contributed by atoms with E-state index in [0.29, 0.717) is 24.8 Å². The van der Waals surface area contributed by atoms with Crippen LogP contribution in [-0.2, 0) is 11.2 Å². The summed E-state index contributed by atoms with van der Waals surface area (Å²) in [4.78, 5) is 18.5. The monoisotopic (exact) mass is 448 g/mol. The fraction of sp³-hybridized carbons (Fsp3) is 0.542. The number of halogens is 1. The lowest BCUT2D eigenvalue weighted by Crippen LogP contribution is -2.47. The number of hydrogen-bond donors (Lipinski definition) is 1. The minimum Gasteiger partial charge on any atom is -0.491 e. The Kier molecular flexibility index (Phi) is 8.46. The zero-order chi connectivity index (χ0) is 22.4. The van der Waals surface area contributed by atoms with Crippen molar-refractivity contribution in [1.29, 1.82) is 0 Å². The molecule has 0 radical (unpaired) electrons. The number of amides is 1. The smallest absolute Gasteiger partial charge is 0.237 e. The Balaban J connectivity index is 1.72. The third kappa shape index (κ3) is 6.76. The summed E-state index contributed by atoms with van der Waals surface area (Å²) in [5.74, 6) is 0.683. The van der Waals surface area contributed by atoms with E-state index in [4.69, 9.17) is 4.74 Å². The number of aliphatic hydroxyl groups is 1. The molecule has 1 aliphatic rings. The molecule has 1 aromatic heterocycles. The minimum absolute atomic E-state index is 0.0362. The molecular weight excluding hydrogens is 415 g/mol. The number of benzene rings is 1. The van der Waals surface area contributed by atoms with E-state index in [2.05, 4.69) is 25.3 Å². The molecule has 0 spiro atoms. The van der Waals surface area contributed by atoms with Crippen LogP contribution >= 0.6 is 11.3 Å². The van der Waals surface area contributed by atoms with Crippen LogP contribution in [0.15, 0.2) is 35.7 Å². The van der Waals surface area contributed by atoms with Gasteiger partial charge >= 0.3 is 0 Å². The standard InChI is InChI=1S/C24H33FN2O3S/c1-17(2)7-10-26(14-18(3)28)15-24(29)27-11-8-23-21(9-12-31-23)22(27)16-30-20-6-4-5-19(25)13-20/h4-6,9,12-13,17-18,22,28H,7-8,10-11,14-16H2,1-3H3/t18-,22-/m1/s1. The third-order valence-corrected chi connectivity index (χ3v) is 6.52. The Morgan fingerprint density at radius 2 is 2.16 bits per heavy atom. The molecule has 1 amide bonds. The molecule has 0 bridgehead atoms. The Bertz CT molecular complexity index is 855. The molecule has 0 aliphatic carbocycles. The Morgan fingerprint density at radius 1 is 1.35 bits per heavy atom. The van der Waals surface area contributed by atoms with Crippen LogP contribution in [0.1, 0.15) is 43.7 Å². The molecule has 1 aliphatic heterocycles. The number of ether oxygens (including phenoxy) is 1. The second kappa shape index (κ2) is 11.1. The Labute approximate surface area is 188 Å². The first kappa shape index (κ1) is 23.7. The average Bonchev–Trinajstić information content (AvgIpc) is 3.18. The molecule has 2 aromatic rings. The lowest BCUT2D eigenvalue weighted by molar-refractivity contribution is -0.136. The molecule has 0 saturated heterocycles. The van der Waals surface area contributed by atoms with Gasteiger partial charge in [0.1, 0.15) is 18.2 Å². The Hall–Kier alpha value is -1.96. The molecule has 0 fully saturated rings. The summed E-state index contributed by atoms with van der Waals surface area (Å²) in [6.07, 6.45) is 1.31.